The van der Waals surface area contributed by atoms with Crippen molar-refractivity contribution in [2.45, 2.75) is 13.8 Å². The molecule has 0 saturated heterocycles. The van der Waals surface area contributed by atoms with E-state index in [2.05, 4.69) is 4.98 Å². The van der Waals surface area contributed by atoms with Gasteiger partial charge in [-0.15, -0.1) is 0 Å². The van der Waals surface area contributed by atoms with E-state index in [4.69, 9.17) is 5.11 Å². The number of pyridine rings is 1. The SMILES string of the molecule is CC(/C=C/c1cccnc1)=C\C=C\C(C)=C\C(=O)O. The van der Waals surface area contributed by atoms with Crippen molar-refractivity contribution in [1.29, 1.82) is 0 Å². The average Bonchev–Trinajstić information content (AvgIpc) is 2.36. The molecule has 98 valence electrons. The van der Waals surface area contributed by atoms with Crippen LogP contribution in [0.3, 0.4) is 0 Å². The van der Waals surface area contributed by atoms with Crippen LogP contribution in [-0.2, 0) is 4.79 Å². The molecule has 0 aliphatic heterocycles. The molecular formula is C16H17NO2. The number of carboxylic acids is 1. The van der Waals surface area contributed by atoms with Crippen molar-refractivity contribution < 1.29 is 9.90 Å². The summed E-state index contributed by atoms with van der Waals surface area (Å²) in [7, 11) is 0. The van der Waals surface area contributed by atoms with Crippen LogP contribution in [0, 0.1) is 0 Å². The van der Waals surface area contributed by atoms with Crippen LogP contribution in [0.15, 0.2) is 66.1 Å². The zero-order chi connectivity index (χ0) is 14.1. The lowest BCUT2D eigenvalue weighted by molar-refractivity contribution is -0.131. The number of hydrogen-bond acceptors (Lipinski definition) is 2. The number of aromatic nitrogens is 1. The summed E-state index contributed by atoms with van der Waals surface area (Å²) >= 11 is 0. The molecule has 0 fully saturated rings. The molecule has 1 N–H and O–H groups in total. The fraction of sp³-hybridized carbons (Fsp3) is 0.125. The van der Waals surface area contributed by atoms with E-state index in [1.807, 2.05) is 43.4 Å². The van der Waals surface area contributed by atoms with Crippen molar-refractivity contribution in [1.82, 2.24) is 4.98 Å². The molecule has 0 bridgehead atoms. The van der Waals surface area contributed by atoms with Crippen LogP contribution in [0.25, 0.3) is 6.08 Å². The van der Waals surface area contributed by atoms with Gasteiger partial charge < -0.3 is 5.11 Å². The third-order valence-electron chi connectivity index (χ3n) is 2.29. The Morgan fingerprint density at radius 2 is 2.05 bits per heavy atom. The number of carbonyl (C=O) groups is 1. The van der Waals surface area contributed by atoms with Gasteiger partial charge in [-0.25, -0.2) is 4.79 Å². The molecule has 1 aromatic heterocycles. The lowest BCUT2D eigenvalue weighted by Crippen LogP contribution is -1.87. The Labute approximate surface area is 113 Å². The Kier molecular flexibility index (Phi) is 6.03. The van der Waals surface area contributed by atoms with Crippen molar-refractivity contribution >= 4 is 12.0 Å². The van der Waals surface area contributed by atoms with Crippen LogP contribution in [0.5, 0.6) is 0 Å². The Bertz CT molecular complexity index is 537. The monoisotopic (exact) mass is 255 g/mol. The van der Waals surface area contributed by atoms with Crippen LogP contribution in [0.1, 0.15) is 19.4 Å². The van der Waals surface area contributed by atoms with E-state index in [0.717, 1.165) is 11.1 Å². The van der Waals surface area contributed by atoms with Crippen LogP contribution < -0.4 is 0 Å². The zero-order valence-electron chi connectivity index (χ0n) is 11.1. The molecular weight excluding hydrogens is 238 g/mol. The maximum Gasteiger partial charge on any atom is 0.328 e. The molecule has 0 radical (unpaired) electrons. The first kappa shape index (κ1) is 14.6. The molecule has 0 aliphatic rings. The maximum absolute atomic E-state index is 10.4. The molecule has 1 aromatic rings. The summed E-state index contributed by atoms with van der Waals surface area (Å²) in [6.45, 7) is 3.73. The Morgan fingerprint density at radius 3 is 2.68 bits per heavy atom. The highest BCUT2D eigenvalue weighted by Gasteiger charge is 1.88. The second-order valence-electron chi connectivity index (χ2n) is 4.12. The molecule has 0 unspecified atom stereocenters. The summed E-state index contributed by atoms with van der Waals surface area (Å²) in [6, 6.07) is 3.87. The van der Waals surface area contributed by atoms with Gasteiger partial charge in [0.1, 0.15) is 0 Å². The van der Waals surface area contributed by atoms with Gasteiger partial charge in [0.15, 0.2) is 0 Å². The van der Waals surface area contributed by atoms with Gasteiger partial charge in [-0.05, 0) is 31.1 Å². The van der Waals surface area contributed by atoms with Crippen LogP contribution >= 0.6 is 0 Å². The predicted molar refractivity (Wildman–Crippen MR) is 77.6 cm³/mol. The predicted octanol–water partition coefficient (Wildman–Crippen LogP) is 3.63. The van der Waals surface area contributed by atoms with Crippen molar-refractivity contribution in [3.63, 3.8) is 0 Å². The van der Waals surface area contributed by atoms with Gasteiger partial charge in [0.25, 0.3) is 0 Å². The van der Waals surface area contributed by atoms with Gasteiger partial charge in [-0.2, -0.15) is 0 Å². The van der Waals surface area contributed by atoms with E-state index >= 15 is 0 Å². The summed E-state index contributed by atoms with van der Waals surface area (Å²) < 4.78 is 0. The first-order valence-electron chi connectivity index (χ1n) is 5.92. The first-order chi connectivity index (χ1) is 9.08. The number of allylic oxidation sites excluding steroid dienone is 6. The molecule has 3 heteroatoms. The Morgan fingerprint density at radius 1 is 1.26 bits per heavy atom. The molecule has 0 aromatic carbocycles. The van der Waals surface area contributed by atoms with Crippen molar-refractivity contribution in [3.8, 4) is 0 Å². The van der Waals surface area contributed by atoms with E-state index < -0.39 is 5.97 Å². The summed E-state index contributed by atoms with van der Waals surface area (Å²) in [5.74, 6) is -0.931. The number of rotatable bonds is 5. The van der Waals surface area contributed by atoms with Crippen molar-refractivity contribution in [2.75, 3.05) is 0 Å². The lowest BCUT2D eigenvalue weighted by Gasteiger charge is -1.92. The largest absolute Gasteiger partial charge is 0.478 e. The lowest BCUT2D eigenvalue weighted by atomic mass is 10.2. The van der Waals surface area contributed by atoms with E-state index in [9.17, 15) is 4.79 Å². The highest BCUT2D eigenvalue weighted by molar-refractivity contribution is 5.81. The summed E-state index contributed by atoms with van der Waals surface area (Å²) in [4.78, 5) is 14.5. The fourth-order valence-corrected chi connectivity index (χ4v) is 1.35. The molecule has 0 atom stereocenters. The summed E-state index contributed by atoms with van der Waals surface area (Å²) in [5, 5.41) is 8.56. The second-order valence-corrected chi connectivity index (χ2v) is 4.12. The van der Waals surface area contributed by atoms with Crippen LogP contribution in [0.2, 0.25) is 0 Å². The molecule has 0 aliphatic carbocycles. The normalized spacial score (nSPS) is 13.4. The molecule has 0 amide bonds. The summed E-state index contributed by atoms with van der Waals surface area (Å²) in [6.07, 6.45) is 14.2. The van der Waals surface area contributed by atoms with Crippen LogP contribution in [0.4, 0.5) is 0 Å². The van der Waals surface area contributed by atoms with E-state index in [0.29, 0.717) is 5.57 Å². The van der Waals surface area contributed by atoms with E-state index in [-0.39, 0.29) is 0 Å². The first-order valence-corrected chi connectivity index (χ1v) is 5.92. The number of carboxylic acid groups (broad SMARTS) is 1. The minimum Gasteiger partial charge on any atom is -0.478 e. The zero-order valence-corrected chi connectivity index (χ0v) is 11.1. The van der Waals surface area contributed by atoms with E-state index in [1.165, 1.54) is 6.08 Å². The number of hydrogen-bond donors (Lipinski definition) is 1. The Balaban J connectivity index is 2.61. The highest BCUT2D eigenvalue weighted by atomic mass is 16.4. The quantitative estimate of drug-likeness (QED) is 0.645. The molecule has 0 saturated carbocycles. The highest BCUT2D eigenvalue weighted by Crippen LogP contribution is 2.04. The number of nitrogens with zero attached hydrogens (tertiary/aromatic N) is 1. The van der Waals surface area contributed by atoms with Crippen molar-refractivity contribution in [2.24, 2.45) is 0 Å². The maximum atomic E-state index is 10.4. The van der Waals surface area contributed by atoms with Crippen molar-refractivity contribution in [3.05, 3.63) is 71.6 Å². The topological polar surface area (TPSA) is 50.2 Å². The van der Waals surface area contributed by atoms with Gasteiger partial charge in [0, 0.05) is 18.5 Å². The molecule has 3 nitrogen and oxygen atoms in total. The average molecular weight is 255 g/mol. The smallest absolute Gasteiger partial charge is 0.328 e. The fourth-order valence-electron chi connectivity index (χ4n) is 1.35. The van der Waals surface area contributed by atoms with Gasteiger partial charge in [-0.1, -0.05) is 42.0 Å². The van der Waals surface area contributed by atoms with Gasteiger partial charge >= 0.3 is 5.97 Å². The van der Waals surface area contributed by atoms with Gasteiger partial charge in [-0.3, -0.25) is 4.98 Å². The molecule has 1 rings (SSSR count). The van der Waals surface area contributed by atoms with E-state index in [1.54, 1.807) is 25.4 Å². The third kappa shape index (κ3) is 6.78. The molecule has 19 heavy (non-hydrogen) atoms. The van der Waals surface area contributed by atoms with Crippen LogP contribution in [-0.4, -0.2) is 16.1 Å². The van der Waals surface area contributed by atoms with Gasteiger partial charge in [0.05, 0.1) is 0 Å². The summed E-state index contributed by atoms with van der Waals surface area (Å²) in [5.41, 5.74) is 2.82. The molecule has 1 heterocycles. The minimum absolute atomic E-state index is 0.702. The van der Waals surface area contributed by atoms with Gasteiger partial charge in [0.2, 0.25) is 0 Å². The molecule has 0 spiro atoms. The Hall–Kier alpha value is -2.42. The minimum atomic E-state index is -0.931. The standard InChI is InChI=1S/C16H17NO2/c1-13(5-3-6-14(2)11-16(18)19)8-9-15-7-4-10-17-12-15/h3-12H,1-2H3,(H,18,19)/b6-3+,9-8+,13-5+,14-11+. The second kappa shape index (κ2) is 7.82. The number of aliphatic carboxylic acids is 1. The third-order valence-corrected chi connectivity index (χ3v) is 2.29.